The summed E-state index contributed by atoms with van der Waals surface area (Å²) in [7, 11) is 0. The first kappa shape index (κ1) is 16.9. The lowest BCUT2D eigenvalue weighted by Crippen LogP contribution is -2.31. The molecule has 134 valence electrons. The van der Waals surface area contributed by atoms with Crippen molar-refractivity contribution in [2.24, 2.45) is 0 Å². The molecule has 4 nitrogen and oxygen atoms in total. The van der Waals surface area contributed by atoms with Gasteiger partial charge in [0.05, 0.1) is 5.56 Å². The molecule has 2 aromatic carbocycles. The van der Waals surface area contributed by atoms with Gasteiger partial charge in [0.1, 0.15) is 18.1 Å². The molecule has 0 spiro atoms. The zero-order chi connectivity index (χ0) is 18.3. The molecule has 3 aromatic rings. The molecule has 0 bridgehead atoms. The van der Waals surface area contributed by atoms with Gasteiger partial charge in [0.2, 0.25) is 0 Å². The summed E-state index contributed by atoms with van der Waals surface area (Å²) in [6.45, 7) is 8.32. The number of rotatable bonds is 3. The van der Waals surface area contributed by atoms with E-state index in [0.29, 0.717) is 18.9 Å². The summed E-state index contributed by atoms with van der Waals surface area (Å²) in [6.07, 6.45) is 0.800. The smallest absolute Gasteiger partial charge is 0.336 e. The highest BCUT2D eigenvalue weighted by Gasteiger charge is 2.22. The largest absolute Gasteiger partial charge is 0.478 e. The Bertz CT molecular complexity index is 1020. The van der Waals surface area contributed by atoms with E-state index in [4.69, 9.17) is 9.15 Å². The number of fused-ring (bicyclic) bond motifs is 3. The molecule has 4 rings (SSSR count). The maximum atomic E-state index is 12.0. The molecule has 1 aromatic heterocycles. The Morgan fingerprint density at radius 3 is 2.58 bits per heavy atom. The maximum absolute atomic E-state index is 12.0. The van der Waals surface area contributed by atoms with Crippen LogP contribution in [0.25, 0.3) is 11.0 Å². The minimum atomic E-state index is -0.297. The Morgan fingerprint density at radius 1 is 1.08 bits per heavy atom. The number of ether oxygens (including phenoxy) is 1. The molecule has 0 N–H and O–H groups in total. The first-order chi connectivity index (χ1) is 12.5. The van der Waals surface area contributed by atoms with Crippen molar-refractivity contribution in [3.63, 3.8) is 0 Å². The van der Waals surface area contributed by atoms with Crippen molar-refractivity contribution in [3.05, 3.63) is 74.6 Å². The standard InChI is InChI=1S/C22H23NO3/c1-4-17-10-21(24)26-22-18(17)5-6-20-19(22)12-23(13-25-20)11-16-8-14(2)7-15(3)9-16/h5-10H,4,11-13H2,1-3H3. The lowest BCUT2D eigenvalue weighted by molar-refractivity contribution is 0.0889. The van der Waals surface area contributed by atoms with Crippen molar-refractivity contribution < 1.29 is 9.15 Å². The van der Waals surface area contributed by atoms with Crippen LogP contribution in [-0.2, 0) is 19.5 Å². The molecule has 0 unspecified atom stereocenters. The van der Waals surface area contributed by atoms with Crippen LogP contribution in [0.3, 0.4) is 0 Å². The lowest BCUT2D eigenvalue weighted by Gasteiger charge is -2.29. The number of hydrogen-bond acceptors (Lipinski definition) is 4. The molecule has 4 heteroatoms. The van der Waals surface area contributed by atoms with Crippen molar-refractivity contribution in [2.75, 3.05) is 6.73 Å². The van der Waals surface area contributed by atoms with Gasteiger partial charge in [0.25, 0.3) is 0 Å². The van der Waals surface area contributed by atoms with Crippen LogP contribution in [0.1, 0.15) is 34.7 Å². The van der Waals surface area contributed by atoms with Crippen molar-refractivity contribution in [2.45, 2.75) is 40.3 Å². The van der Waals surface area contributed by atoms with Gasteiger partial charge in [-0.25, -0.2) is 4.79 Å². The molecule has 1 aliphatic rings. The molecule has 1 aliphatic heterocycles. The third-order valence-electron chi connectivity index (χ3n) is 4.91. The first-order valence-electron chi connectivity index (χ1n) is 9.04. The molecule has 26 heavy (non-hydrogen) atoms. The Morgan fingerprint density at radius 2 is 1.85 bits per heavy atom. The molecule has 0 saturated heterocycles. The van der Waals surface area contributed by atoms with Crippen LogP contribution in [-0.4, -0.2) is 11.6 Å². The Balaban J connectivity index is 1.71. The first-order valence-corrected chi connectivity index (χ1v) is 9.04. The van der Waals surface area contributed by atoms with Crippen LogP contribution in [0.15, 0.2) is 45.6 Å². The molecular formula is C22H23NO3. The second-order valence-electron chi connectivity index (χ2n) is 7.12. The van der Waals surface area contributed by atoms with Crippen molar-refractivity contribution in [3.8, 4) is 5.75 Å². The minimum absolute atomic E-state index is 0.297. The molecule has 2 heterocycles. The summed E-state index contributed by atoms with van der Waals surface area (Å²) in [6, 6.07) is 12.2. The average Bonchev–Trinajstić information content (AvgIpc) is 2.60. The Kier molecular flexibility index (Phi) is 4.29. The van der Waals surface area contributed by atoms with Gasteiger partial charge in [-0.3, -0.25) is 4.90 Å². The zero-order valence-electron chi connectivity index (χ0n) is 15.5. The highest BCUT2D eigenvalue weighted by molar-refractivity contribution is 5.85. The normalized spacial score (nSPS) is 14.3. The molecule has 0 amide bonds. The third kappa shape index (κ3) is 3.13. The number of benzene rings is 2. The summed E-state index contributed by atoms with van der Waals surface area (Å²) in [4.78, 5) is 14.2. The second kappa shape index (κ2) is 6.61. The fraction of sp³-hybridized carbons (Fsp3) is 0.318. The fourth-order valence-corrected chi connectivity index (χ4v) is 3.86. The summed E-state index contributed by atoms with van der Waals surface area (Å²) in [5, 5.41) is 1.00. The zero-order valence-corrected chi connectivity index (χ0v) is 15.5. The van der Waals surface area contributed by atoms with E-state index in [1.165, 1.54) is 16.7 Å². The third-order valence-corrected chi connectivity index (χ3v) is 4.91. The van der Waals surface area contributed by atoms with Gasteiger partial charge in [-0.05, 0) is 43.5 Å². The van der Waals surface area contributed by atoms with Gasteiger partial charge in [0, 0.05) is 24.5 Å². The molecule has 0 radical (unpaired) electrons. The predicted molar refractivity (Wildman–Crippen MR) is 103 cm³/mol. The van der Waals surface area contributed by atoms with Crippen LogP contribution < -0.4 is 10.4 Å². The van der Waals surface area contributed by atoms with E-state index in [1.807, 2.05) is 12.1 Å². The van der Waals surface area contributed by atoms with E-state index in [9.17, 15) is 4.79 Å². The van der Waals surface area contributed by atoms with Gasteiger partial charge in [-0.1, -0.05) is 36.2 Å². The van der Waals surface area contributed by atoms with Gasteiger partial charge in [-0.2, -0.15) is 0 Å². The molecule has 0 atom stereocenters. The van der Waals surface area contributed by atoms with E-state index in [2.05, 4.69) is 43.9 Å². The van der Waals surface area contributed by atoms with Gasteiger partial charge >= 0.3 is 5.63 Å². The van der Waals surface area contributed by atoms with E-state index in [0.717, 1.165) is 35.2 Å². The monoisotopic (exact) mass is 349 g/mol. The molecule has 0 aliphatic carbocycles. The predicted octanol–water partition coefficient (Wildman–Crippen LogP) is 4.32. The molecular weight excluding hydrogens is 326 g/mol. The SMILES string of the molecule is CCc1cc(=O)oc2c3c(ccc12)OCN(Cc1cc(C)cc(C)c1)C3. The molecule has 0 fully saturated rings. The quantitative estimate of drug-likeness (QED) is 0.660. The average molecular weight is 349 g/mol. The van der Waals surface area contributed by atoms with Crippen molar-refractivity contribution in [1.82, 2.24) is 4.90 Å². The van der Waals surface area contributed by atoms with Gasteiger partial charge in [-0.15, -0.1) is 0 Å². The van der Waals surface area contributed by atoms with Crippen LogP contribution in [0.2, 0.25) is 0 Å². The summed E-state index contributed by atoms with van der Waals surface area (Å²) in [5.41, 5.74) is 6.15. The van der Waals surface area contributed by atoms with E-state index in [-0.39, 0.29) is 5.63 Å². The van der Waals surface area contributed by atoms with Crippen LogP contribution in [0, 0.1) is 13.8 Å². The Labute approximate surface area is 153 Å². The van der Waals surface area contributed by atoms with Crippen LogP contribution in [0.4, 0.5) is 0 Å². The Hall–Kier alpha value is -2.59. The van der Waals surface area contributed by atoms with E-state index in [1.54, 1.807) is 6.07 Å². The van der Waals surface area contributed by atoms with Gasteiger partial charge < -0.3 is 9.15 Å². The fourth-order valence-electron chi connectivity index (χ4n) is 3.86. The number of aryl methyl sites for hydroxylation is 3. The van der Waals surface area contributed by atoms with Gasteiger partial charge in [0.15, 0.2) is 0 Å². The maximum Gasteiger partial charge on any atom is 0.336 e. The van der Waals surface area contributed by atoms with E-state index < -0.39 is 0 Å². The van der Waals surface area contributed by atoms with Crippen LogP contribution >= 0.6 is 0 Å². The van der Waals surface area contributed by atoms with Crippen molar-refractivity contribution >= 4 is 11.0 Å². The highest BCUT2D eigenvalue weighted by Crippen LogP contribution is 2.33. The number of hydrogen-bond donors (Lipinski definition) is 0. The minimum Gasteiger partial charge on any atom is -0.478 e. The topological polar surface area (TPSA) is 42.7 Å². The summed E-state index contributed by atoms with van der Waals surface area (Å²) < 4.78 is 11.5. The van der Waals surface area contributed by atoms with Crippen molar-refractivity contribution in [1.29, 1.82) is 0 Å². The second-order valence-corrected chi connectivity index (χ2v) is 7.12. The lowest BCUT2D eigenvalue weighted by atomic mass is 10.0. The summed E-state index contributed by atoms with van der Waals surface area (Å²) >= 11 is 0. The highest BCUT2D eigenvalue weighted by atomic mass is 16.5. The van der Waals surface area contributed by atoms with Crippen LogP contribution in [0.5, 0.6) is 5.75 Å². The van der Waals surface area contributed by atoms with E-state index >= 15 is 0 Å². The summed E-state index contributed by atoms with van der Waals surface area (Å²) in [5.74, 6) is 0.811. The number of nitrogens with zero attached hydrogens (tertiary/aromatic N) is 1. The molecule has 0 saturated carbocycles.